The lowest BCUT2D eigenvalue weighted by Crippen LogP contribution is -2.42. The zero-order valence-electron chi connectivity index (χ0n) is 13.4. The molecule has 1 N–H and O–H groups in total. The van der Waals surface area contributed by atoms with Crippen molar-refractivity contribution in [3.05, 3.63) is 60.2 Å². The second kappa shape index (κ2) is 6.36. The van der Waals surface area contributed by atoms with Crippen LogP contribution in [0.25, 0.3) is 0 Å². The Morgan fingerprint density at radius 3 is 2.40 bits per heavy atom. The smallest absolute Gasteiger partial charge is 0.264 e. The number of benzene rings is 2. The molecular weight excluding hydrogens is 338 g/mol. The Labute approximate surface area is 146 Å². The molecule has 1 heterocycles. The molecule has 1 unspecified atom stereocenters. The van der Waals surface area contributed by atoms with Gasteiger partial charge < -0.3 is 10.0 Å². The zero-order valence-corrected chi connectivity index (χ0v) is 14.2. The number of rotatable bonds is 5. The van der Waals surface area contributed by atoms with E-state index in [1.54, 1.807) is 42.5 Å². The Bertz CT molecular complexity index is 947. The number of terminal acetylenes is 1. The van der Waals surface area contributed by atoms with E-state index >= 15 is 0 Å². The number of fused-ring (bicyclic) bond motifs is 1. The predicted octanol–water partition coefficient (Wildman–Crippen LogP) is 1.72. The van der Waals surface area contributed by atoms with Crippen LogP contribution in [0, 0.1) is 12.3 Å². The number of carbonyl (C=O) groups excluding carboxylic acids is 1. The van der Waals surface area contributed by atoms with Crippen LogP contribution in [0.5, 0.6) is 0 Å². The number of para-hydroxylation sites is 1. The second-order valence-corrected chi connectivity index (χ2v) is 7.96. The van der Waals surface area contributed by atoms with Crippen LogP contribution in [0.2, 0.25) is 0 Å². The van der Waals surface area contributed by atoms with Crippen LogP contribution in [0.3, 0.4) is 0 Å². The summed E-state index contributed by atoms with van der Waals surface area (Å²) in [5, 5.41) is 10.7. The molecule has 1 atom stereocenters. The number of carbonyl (C=O) groups is 1. The van der Waals surface area contributed by atoms with Crippen molar-refractivity contribution in [3.8, 4) is 12.3 Å². The van der Waals surface area contributed by atoms with E-state index in [-0.39, 0.29) is 23.6 Å². The lowest BCUT2D eigenvalue weighted by molar-refractivity contribution is -0.135. The third kappa shape index (κ3) is 2.93. The highest BCUT2D eigenvalue weighted by Gasteiger charge is 2.49. The Balaban J connectivity index is 1.89. The molecular formula is C19H17NO4S. The van der Waals surface area contributed by atoms with Gasteiger partial charge in [0.1, 0.15) is 0 Å². The number of hydrogen-bond donors (Lipinski definition) is 1. The summed E-state index contributed by atoms with van der Waals surface area (Å²) in [4.78, 5) is 14.2. The number of sulfone groups is 1. The van der Waals surface area contributed by atoms with Gasteiger partial charge in [-0.05, 0) is 18.2 Å². The number of nitrogens with zero attached hydrogens (tertiary/aromatic N) is 1. The first kappa shape index (κ1) is 17.2. The van der Waals surface area contributed by atoms with Crippen LogP contribution in [-0.4, -0.2) is 31.7 Å². The fraction of sp³-hybridized carbons (Fsp3) is 0.211. The average Bonchev–Trinajstić information content (AvgIpc) is 2.83. The van der Waals surface area contributed by atoms with Gasteiger partial charge in [0, 0.05) is 12.1 Å². The third-order valence-electron chi connectivity index (χ3n) is 4.28. The van der Waals surface area contributed by atoms with Gasteiger partial charge in [-0.1, -0.05) is 36.4 Å². The predicted molar refractivity (Wildman–Crippen MR) is 94.6 cm³/mol. The van der Waals surface area contributed by atoms with Crippen LogP contribution in [-0.2, 0) is 20.2 Å². The zero-order chi connectivity index (χ0) is 18.1. The minimum Gasteiger partial charge on any atom is -0.374 e. The number of amides is 1. The van der Waals surface area contributed by atoms with Gasteiger partial charge >= 0.3 is 0 Å². The van der Waals surface area contributed by atoms with E-state index in [9.17, 15) is 18.3 Å². The summed E-state index contributed by atoms with van der Waals surface area (Å²) in [5.41, 5.74) is -0.898. The molecule has 128 valence electrons. The van der Waals surface area contributed by atoms with E-state index in [4.69, 9.17) is 6.42 Å². The molecule has 0 spiro atoms. The molecule has 0 fully saturated rings. The van der Waals surface area contributed by atoms with Crippen LogP contribution in [0.15, 0.2) is 59.5 Å². The summed E-state index contributed by atoms with van der Waals surface area (Å²) >= 11 is 0. The van der Waals surface area contributed by atoms with E-state index in [0.29, 0.717) is 11.3 Å². The van der Waals surface area contributed by atoms with Crippen molar-refractivity contribution < 1.29 is 18.3 Å². The molecule has 25 heavy (non-hydrogen) atoms. The number of aliphatic hydroxyl groups is 1. The minimum absolute atomic E-state index is 0.0556. The highest BCUT2D eigenvalue weighted by atomic mass is 32.2. The first-order valence-electron chi connectivity index (χ1n) is 7.75. The molecule has 0 radical (unpaired) electrons. The maximum absolute atomic E-state index is 12.7. The molecule has 1 aliphatic heterocycles. The van der Waals surface area contributed by atoms with Crippen molar-refractivity contribution in [3.63, 3.8) is 0 Å². The monoisotopic (exact) mass is 355 g/mol. The summed E-state index contributed by atoms with van der Waals surface area (Å²) < 4.78 is 24.9. The minimum atomic E-state index is -3.54. The number of anilines is 1. The van der Waals surface area contributed by atoms with Crippen molar-refractivity contribution in [2.45, 2.75) is 16.9 Å². The van der Waals surface area contributed by atoms with Crippen molar-refractivity contribution in [2.24, 2.45) is 0 Å². The van der Waals surface area contributed by atoms with Gasteiger partial charge in [-0.3, -0.25) is 4.79 Å². The van der Waals surface area contributed by atoms with Gasteiger partial charge in [-0.2, -0.15) is 0 Å². The number of hydrogen-bond acceptors (Lipinski definition) is 4. The first-order valence-corrected chi connectivity index (χ1v) is 9.40. The van der Waals surface area contributed by atoms with Gasteiger partial charge in [0.25, 0.3) is 5.91 Å². The van der Waals surface area contributed by atoms with E-state index < -0.39 is 21.3 Å². The third-order valence-corrected chi connectivity index (χ3v) is 5.99. The lowest BCUT2D eigenvalue weighted by Gasteiger charge is -2.21. The molecule has 0 aromatic heterocycles. The maximum atomic E-state index is 12.7. The Hall–Kier alpha value is -2.62. The van der Waals surface area contributed by atoms with Gasteiger partial charge in [-0.15, -0.1) is 12.3 Å². The molecule has 0 aliphatic carbocycles. The van der Waals surface area contributed by atoms with Gasteiger partial charge in [-0.25, -0.2) is 8.42 Å². The van der Waals surface area contributed by atoms with Gasteiger partial charge in [0.2, 0.25) is 0 Å². The largest absolute Gasteiger partial charge is 0.374 e. The molecule has 0 bridgehead atoms. The fourth-order valence-corrected chi connectivity index (χ4v) is 4.23. The molecule has 5 nitrogen and oxygen atoms in total. The van der Waals surface area contributed by atoms with Crippen molar-refractivity contribution in [1.29, 1.82) is 0 Å². The first-order chi connectivity index (χ1) is 11.9. The van der Waals surface area contributed by atoms with Crippen LogP contribution < -0.4 is 4.90 Å². The summed E-state index contributed by atoms with van der Waals surface area (Å²) in [5.74, 6) is 1.49. The van der Waals surface area contributed by atoms with Crippen molar-refractivity contribution in [2.75, 3.05) is 17.2 Å². The van der Waals surface area contributed by atoms with Gasteiger partial charge in [0.05, 0.1) is 22.8 Å². The summed E-state index contributed by atoms with van der Waals surface area (Å²) in [6, 6.07) is 14.8. The highest BCUT2D eigenvalue weighted by molar-refractivity contribution is 7.91. The van der Waals surface area contributed by atoms with E-state index in [0.717, 1.165) is 0 Å². The summed E-state index contributed by atoms with van der Waals surface area (Å²) in [7, 11) is -3.54. The molecule has 2 aromatic rings. The second-order valence-electron chi connectivity index (χ2n) is 5.85. The fourth-order valence-electron chi connectivity index (χ4n) is 3.00. The maximum Gasteiger partial charge on any atom is 0.264 e. The van der Waals surface area contributed by atoms with Crippen LogP contribution in [0.4, 0.5) is 5.69 Å². The Morgan fingerprint density at radius 2 is 1.72 bits per heavy atom. The van der Waals surface area contributed by atoms with E-state index in [1.165, 1.54) is 17.0 Å². The molecule has 6 heteroatoms. The topological polar surface area (TPSA) is 74.7 Å². The SMILES string of the molecule is C#CCC1(O)C(=O)N(CCS(=O)(=O)c2ccccc2)c2ccccc21. The molecule has 0 saturated carbocycles. The Morgan fingerprint density at radius 1 is 1.08 bits per heavy atom. The van der Waals surface area contributed by atoms with Crippen LogP contribution in [0.1, 0.15) is 12.0 Å². The van der Waals surface area contributed by atoms with E-state index in [2.05, 4.69) is 5.92 Å². The lowest BCUT2D eigenvalue weighted by atomic mass is 9.92. The molecule has 3 rings (SSSR count). The Kier molecular flexibility index (Phi) is 4.38. The average molecular weight is 355 g/mol. The van der Waals surface area contributed by atoms with Crippen molar-refractivity contribution in [1.82, 2.24) is 0 Å². The van der Waals surface area contributed by atoms with Crippen molar-refractivity contribution >= 4 is 21.4 Å². The molecule has 1 amide bonds. The highest BCUT2D eigenvalue weighted by Crippen LogP contribution is 2.41. The van der Waals surface area contributed by atoms with Crippen LogP contribution >= 0.6 is 0 Å². The summed E-state index contributed by atoms with van der Waals surface area (Å²) in [6.07, 6.45) is 5.14. The molecule has 1 aliphatic rings. The van der Waals surface area contributed by atoms with E-state index in [1.807, 2.05) is 0 Å². The molecule has 0 saturated heterocycles. The summed E-state index contributed by atoms with van der Waals surface area (Å²) in [6.45, 7) is -0.0556. The standard InChI is InChI=1S/C19H17NO4S/c1-2-12-19(22)16-10-6-7-11-17(16)20(18(19)21)13-14-25(23,24)15-8-4-3-5-9-15/h1,3-11,22H,12-14H2. The quantitative estimate of drug-likeness (QED) is 0.829. The normalized spacial score (nSPS) is 19.5. The van der Waals surface area contributed by atoms with Gasteiger partial charge in [0.15, 0.2) is 15.4 Å². The molecule has 2 aromatic carbocycles.